The van der Waals surface area contributed by atoms with E-state index in [1.54, 1.807) is 4.90 Å². The number of ether oxygens (including phenoxy) is 1. The summed E-state index contributed by atoms with van der Waals surface area (Å²) in [6.07, 6.45) is 3.30. The van der Waals surface area contributed by atoms with Gasteiger partial charge in [-0.3, -0.25) is 9.69 Å². The highest BCUT2D eigenvalue weighted by atomic mass is 16.6. The lowest BCUT2D eigenvalue weighted by molar-refractivity contribution is -0.119. The molecule has 2 heterocycles. The fraction of sp³-hybridized carbons (Fsp3) is 0.400. The highest BCUT2D eigenvalue weighted by molar-refractivity contribution is 5.90. The minimum Gasteiger partial charge on any atom is -0.442 e. The van der Waals surface area contributed by atoms with Crippen LogP contribution in [-0.2, 0) is 9.53 Å². The molecule has 0 bridgehead atoms. The summed E-state index contributed by atoms with van der Waals surface area (Å²) < 4.78 is 7.39. The maximum Gasteiger partial charge on any atom is 0.414 e. The Hall–Kier alpha value is -2.76. The highest BCUT2D eigenvalue weighted by Crippen LogP contribution is 2.28. The van der Waals surface area contributed by atoms with Crippen LogP contribution in [0.4, 0.5) is 10.5 Å². The SMILES string of the molecule is CC.CC(=O)NC[C@H]1CN(c2cc(C)c(-n3cccc3)c(C)c2)C(=O)O1. The van der Waals surface area contributed by atoms with Gasteiger partial charge in [-0.05, 0) is 49.2 Å². The molecule has 1 atom stereocenters. The molecule has 1 aliphatic heterocycles. The predicted octanol–water partition coefficient (Wildman–Crippen LogP) is 3.58. The third-order valence-electron chi connectivity index (χ3n) is 4.10. The number of carbonyl (C=O) groups is 2. The number of aromatic nitrogens is 1. The van der Waals surface area contributed by atoms with Crippen molar-refractivity contribution in [3.63, 3.8) is 0 Å². The Labute approximate surface area is 154 Å². The first kappa shape index (κ1) is 19.6. The number of rotatable bonds is 4. The quantitative estimate of drug-likeness (QED) is 0.910. The molecule has 1 aromatic heterocycles. The van der Waals surface area contributed by atoms with Gasteiger partial charge in [0.25, 0.3) is 0 Å². The second-order valence-electron chi connectivity index (χ2n) is 6.07. The molecule has 3 rings (SSSR count). The molecule has 26 heavy (non-hydrogen) atoms. The van der Waals surface area contributed by atoms with Crippen LogP contribution in [0.1, 0.15) is 31.9 Å². The van der Waals surface area contributed by atoms with Crippen molar-refractivity contribution < 1.29 is 14.3 Å². The van der Waals surface area contributed by atoms with Gasteiger partial charge in [0.05, 0.1) is 18.8 Å². The summed E-state index contributed by atoms with van der Waals surface area (Å²) in [5.41, 5.74) is 4.10. The van der Waals surface area contributed by atoms with Crippen molar-refractivity contribution in [1.29, 1.82) is 0 Å². The standard InChI is InChI=1S/C18H21N3O3.C2H6/c1-12-8-15(9-13(2)17(12)20-6-4-5-7-20)21-11-16(24-18(21)23)10-19-14(3)22;1-2/h4-9,16H,10-11H2,1-3H3,(H,19,22);1-2H3/t16-;/m0./s1. The van der Waals surface area contributed by atoms with Crippen LogP contribution in [-0.4, -0.2) is 35.8 Å². The Bertz CT molecular complexity index is 746. The summed E-state index contributed by atoms with van der Waals surface area (Å²) in [4.78, 5) is 24.8. The van der Waals surface area contributed by atoms with E-state index in [0.717, 1.165) is 22.5 Å². The number of amides is 2. The summed E-state index contributed by atoms with van der Waals surface area (Å²) in [7, 11) is 0. The second kappa shape index (κ2) is 8.56. The van der Waals surface area contributed by atoms with Crippen LogP contribution >= 0.6 is 0 Å². The molecule has 0 aliphatic carbocycles. The molecule has 1 saturated heterocycles. The molecule has 140 valence electrons. The van der Waals surface area contributed by atoms with E-state index in [0.29, 0.717) is 13.1 Å². The molecule has 6 nitrogen and oxygen atoms in total. The molecule has 0 unspecified atom stereocenters. The van der Waals surface area contributed by atoms with Gasteiger partial charge in [0, 0.05) is 25.0 Å². The van der Waals surface area contributed by atoms with Crippen molar-refractivity contribution in [2.45, 2.75) is 40.7 Å². The van der Waals surface area contributed by atoms with Gasteiger partial charge in [0.1, 0.15) is 6.10 Å². The van der Waals surface area contributed by atoms with Gasteiger partial charge in [0.15, 0.2) is 0 Å². The number of cyclic esters (lactones) is 1. The van der Waals surface area contributed by atoms with E-state index in [1.807, 2.05) is 64.4 Å². The van der Waals surface area contributed by atoms with E-state index in [-0.39, 0.29) is 18.1 Å². The Balaban J connectivity index is 0.00000117. The number of hydrogen-bond donors (Lipinski definition) is 1. The molecule has 6 heteroatoms. The Morgan fingerprint density at radius 2 is 1.77 bits per heavy atom. The van der Waals surface area contributed by atoms with Crippen molar-refractivity contribution in [3.8, 4) is 5.69 Å². The Kier molecular flexibility index (Phi) is 6.44. The average molecular weight is 357 g/mol. The van der Waals surface area contributed by atoms with Gasteiger partial charge < -0.3 is 14.6 Å². The first-order valence-corrected chi connectivity index (χ1v) is 8.93. The zero-order valence-corrected chi connectivity index (χ0v) is 16.1. The lowest BCUT2D eigenvalue weighted by Crippen LogP contribution is -2.33. The van der Waals surface area contributed by atoms with E-state index in [4.69, 9.17) is 4.74 Å². The number of hydrogen-bond acceptors (Lipinski definition) is 3. The molecule has 1 fully saturated rings. The van der Waals surface area contributed by atoms with Gasteiger partial charge in [-0.2, -0.15) is 0 Å². The summed E-state index contributed by atoms with van der Waals surface area (Å²) in [6, 6.07) is 7.95. The minimum absolute atomic E-state index is 0.132. The van der Waals surface area contributed by atoms with Crippen LogP contribution in [0, 0.1) is 13.8 Å². The number of nitrogens with one attached hydrogen (secondary N) is 1. The van der Waals surface area contributed by atoms with E-state index in [1.165, 1.54) is 6.92 Å². The van der Waals surface area contributed by atoms with Crippen molar-refractivity contribution in [2.24, 2.45) is 0 Å². The first-order valence-electron chi connectivity index (χ1n) is 8.93. The molecular weight excluding hydrogens is 330 g/mol. The van der Waals surface area contributed by atoms with Crippen LogP contribution in [0.25, 0.3) is 5.69 Å². The fourth-order valence-electron chi connectivity index (χ4n) is 3.08. The molecule has 0 saturated carbocycles. The van der Waals surface area contributed by atoms with Crippen LogP contribution in [0.5, 0.6) is 0 Å². The van der Waals surface area contributed by atoms with Crippen molar-refractivity contribution in [2.75, 3.05) is 18.0 Å². The van der Waals surface area contributed by atoms with Crippen LogP contribution in [0.3, 0.4) is 0 Å². The summed E-state index contributed by atoms with van der Waals surface area (Å²) in [6.45, 7) is 10.3. The first-order chi connectivity index (χ1) is 12.5. The third kappa shape index (κ3) is 4.25. The number of benzene rings is 1. The normalized spacial score (nSPS) is 16.0. The fourth-order valence-corrected chi connectivity index (χ4v) is 3.08. The molecule has 0 spiro atoms. The largest absolute Gasteiger partial charge is 0.442 e. The van der Waals surface area contributed by atoms with E-state index in [9.17, 15) is 9.59 Å². The molecule has 2 aromatic rings. The minimum atomic E-state index is -0.377. The molecule has 0 radical (unpaired) electrons. The average Bonchev–Trinajstić information content (AvgIpc) is 3.24. The number of aryl methyl sites for hydroxylation is 2. The highest BCUT2D eigenvalue weighted by Gasteiger charge is 2.32. The molecule has 1 aromatic carbocycles. The smallest absolute Gasteiger partial charge is 0.414 e. The van der Waals surface area contributed by atoms with E-state index in [2.05, 4.69) is 9.88 Å². The van der Waals surface area contributed by atoms with Crippen molar-refractivity contribution in [3.05, 3.63) is 47.8 Å². The number of nitrogens with zero attached hydrogens (tertiary/aromatic N) is 2. The van der Waals surface area contributed by atoms with Gasteiger partial charge >= 0.3 is 6.09 Å². The van der Waals surface area contributed by atoms with Crippen LogP contribution in [0.15, 0.2) is 36.7 Å². The van der Waals surface area contributed by atoms with E-state index < -0.39 is 0 Å². The van der Waals surface area contributed by atoms with Crippen LogP contribution < -0.4 is 10.2 Å². The van der Waals surface area contributed by atoms with Gasteiger partial charge in [-0.25, -0.2) is 4.79 Å². The number of carbonyl (C=O) groups excluding carboxylic acids is 2. The zero-order valence-electron chi connectivity index (χ0n) is 16.1. The summed E-state index contributed by atoms with van der Waals surface area (Å²) in [5, 5.41) is 2.68. The second-order valence-corrected chi connectivity index (χ2v) is 6.07. The lowest BCUT2D eigenvalue weighted by Gasteiger charge is -2.18. The predicted molar refractivity (Wildman–Crippen MR) is 103 cm³/mol. The van der Waals surface area contributed by atoms with Crippen molar-refractivity contribution in [1.82, 2.24) is 9.88 Å². The molecule has 2 amide bonds. The molecule has 1 N–H and O–H groups in total. The molecule has 1 aliphatic rings. The maximum atomic E-state index is 12.2. The Morgan fingerprint density at radius 3 is 2.31 bits per heavy atom. The van der Waals surface area contributed by atoms with Crippen LogP contribution in [0.2, 0.25) is 0 Å². The van der Waals surface area contributed by atoms with Crippen molar-refractivity contribution >= 4 is 17.7 Å². The summed E-state index contributed by atoms with van der Waals surface area (Å²) >= 11 is 0. The van der Waals surface area contributed by atoms with Gasteiger partial charge in [-0.1, -0.05) is 13.8 Å². The maximum absolute atomic E-state index is 12.2. The third-order valence-corrected chi connectivity index (χ3v) is 4.10. The number of anilines is 1. The zero-order chi connectivity index (χ0) is 19.3. The summed E-state index contributed by atoms with van der Waals surface area (Å²) in [5.74, 6) is -0.132. The van der Waals surface area contributed by atoms with Gasteiger partial charge in [0.2, 0.25) is 5.91 Å². The molecular formula is C20H27N3O3. The van der Waals surface area contributed by atoms with Gasteiger partial charge in [-0.15, -0.1) is 0 Å². The Morgan fingerprint density at radius 1 is 1.19 bits per heavy atom. The van der Waals surface area contributed by atoms with E-state index >= 15 is 0 Å². The lowest BCUT2D eigenvalue weighted by atomic mass is 10.1. The topological polar surface area (TPSA) is 63.6 Å². The monoisotopic (exact) mass is 357 g/mol.